The molecule has 1 nitrogen and oxygen atoms in total. The van der Waals surface area contributed by atoms with Gasteiger partial charge in [0.15, 0.2) is 0 Å². The summed E-state index contributed by atoms with van der Waals surface area (Å²) in [5.41, 5.74) is 0.521. The lowest BCUT2D eigenvalue weighted by atomic mass is 8.98. The van der Waals surface area contributed by atoms with Crippen LogP contribution in [0.4, 0.5) is 0 Å². The lowest BCUT2D eigenvalue weighted by Crippen LogP contribution is -3.17. The van der Waals surface area contributed by atoms with Gasteiger partial charge >= 0.3 is 0 Å². The van der Waals surface area contributed by atoms with E-state index in [4.69, 9.17) is 11.6 Å². The Morgan fingerprint density at radius 3 is 1.93 bits per heavy atom. The summed E-state index contributed by atoms with van der Waals surface area (Å²) in [6.07, 6.45) is 0. The largest absolute Gasteiger partial charge is 0.296 e. The number of hydrogen-bond acceptors (Lipinski definition) is 1. The zero-order valence-electron chi connectivity index (χ0n) is 8.70. The quantitative estimate of drug-likeness (QED) is 0.641. The molecule has 0 aliphatic heterocycles. The molecule has 0 N–H and O–H groups in total. The average Bonchev–Trinajstić information content (AvgIpc) is 2.20. The predicted octanol–water partition coefficient (Wildman–Crippen LogP) is 1.81. The van der Waals surface area contributed by atoms with Gasteiger partial charge in [0.1, 0.15) is 0 Å². The van der Waals surface area contributed by atoms with E-state index in [0.717, 1.165) is 35.5 Å². The van der Waals surface area contributed by atoms with Crippen LogP contribution in [-0.2, 0) is 0 Å². The van der Waals surface area contributed by atoms with Crippen LogP contribution in [0.2, 0.25) is 0 Å². The molecular formula is C12H16ClN. The third-order valence-corrected chi connectivity index (χ3v) is 7.57. The molecule has 6 saturated carbocycles. The van der Waals surface area contributed by atoms with Crippen LogP contribution in [0.3, 0.4) is 0 Å². The van der Waals surface area contributed by atoms with Crippen LogP contribution in [0.25, 0.3) is 0 Å². The van der Waals surface area contributed by atoms with Crippen molar-refractivity contribution in [1.29, 1.82) is 0 Å². The van der Waals surface area contributed by atoms with E-state index in [0.29, 0.717) is 5.54 Å². The summed E-state index contributed by atoms with van der Waals surface area (Å²) < 4.78 is 0. The summed E-state index contributed by atoms with van der Waals surface area (Å²) in [6, 6.07) is 0. The summed E-state index contributed by atoms with van der Waals surface area (Å²) in [5.74, 6) is 6.26. The second-order valence-electron chi connectivity index (χ2n) is 6.02. The molecule has 4 unspecified atom stereocenters. The minimum Gasteiger partial charge on any atom is -0.296 e. The number of alkyl halides is 1. The first-order chi connectivity index (χ1) is 6.76. The van der Waals surface area contributed by atoms with Crippen molar-refractivity contribution < 1.29 is 0 Å². The van der Waals surface area contributed by atoms with E-state index in [1.807, 2.05) is 0 Å². The summed E-state index contributed by atoms with van der Waals surface area (Å²) in [7, 11) is 0. The molecule has 0 saturated heterocycles. The van der Waals surface area contributed by atoms with Crippen molar-refractivity contribution >= 4 is 11.6 Å². The molecule has 6 aliphatic carbocycles. The van der Waals surface area contributed by atoms with Crippen LogP contribution >= 0.6 is 11.6 Å². The first-order valence-electron chi connectivity index (χ1n) is 6.20. The summed E-state index contributed by atoms with van der Waals surface area (Å²) in [6.45, 7) is 7.00. The Hall–Kier alpha value is 0.250. The fraction of sp³-hybridized carbons (Fsp3) is 1.00. The topological polar surface area (TPSA) is 3.24 Å². The van der Waals surface area contributed by atoms with Crippen molar-refractivity contribution in [3.8, 4) is 0 Å². The van der Waals surface area contributed by atoms with Gasteiger partial charge in [-0.05, 0) is 48.6 Å². The molecule has 0 bridgehead atoms. The third-order valence-electron chi connectivity index (χ3n) is 6.76. The molecule has 6 rings (SSSR count). The smallest absolute Gasteiger partial charge is 0.0704 e. The number of halogens is 1. The normalized spacial score (nSPS) is 78.0. The molecule has 2 heteroatoms. The molecule has 0 aromatic heterocycles. The second kappa shape index (κ2) is 1.60. The first kappa shape index (κ1) is 7.51. The van der Waals surface area contributed by atoms with Gasteiger partial charge in [-0.3, -0.25) is 4.90 Å². The molecule has 0 radical (unpaired) electrons. The van der Waals surface area contributed by atoms with Gasteiger partial charge in [-0.1, -0.05) is 13.8 Å². The van der Waals surface area contributed by atoms with E-state index in [-0.39, 0.29) is 4.87 Å². The summed E-state index contributed by atoms with van der Waals surface area (Å²) in [5, 5.41) is 0. The van der Waals surface area contributed by atoms with Gasteiger partial charge < -0.3 is 0 Å². The zero-order valence-corrected chi connectivity index (χ0v) is 9.46. The maximum Gasteiger partial charge on any atom is 0.0704 e. The van der Waals surface area contributed by atoms with Crippen molar-refractivity contribution in [2.75, 3.05) is 13.1 Å². The lowest BCUT2D eigenvalue weighted by Gasteiger charge is -3.11. The Morgan fingerprint density at radius 2 is 1.50 bits per heavy atom. The van der Waals surface area contributed by atoms with Crippen LogP contribution in [0.1, 0.15) is 13.8 Å². The number of nitrogens with zero attached hydrogens (tertiary/aromatic N) is 1. The average molecular weight is 210 g/mol. The van der Waals surface area contributed by atoms with Gasteiger partial charge in [0.25, 0.3) is 0 Å². The van der Waals surface area contributed by atoms with Crippen LogP contribution in [0.5, 0.6) is 0 Å². The Balaban J connectivity index is 1.62. The van der Waals surface area contributed by atoms with Gasteiger partial charge in [-0.25, -0.2) is 0 Å². The molecule has 6 fully saturated rings. The summed E-state index contributed by atoms with van der Waals surface area (Å²) >= 11 is 6.85. The van der Waals surface area contributed by atoms with Crippen molar-refractivity contribution in [2.45, 2.75) is 24.3 Å². The lowest BCUT2D eigenvalue weighted by molar-refractivity contribution is -0.584. The fourth-order valence-electron chi connectivity index (χ4n) is 6.76. The van der Waals surface area contributed by atoms with Gasteiger partial charge in [0, 0.05) is 5.54 Å². The minimum absolute atomic E-state index is 0.285. The molecule has 76 valence electrons. The van der Waals surface area contributed by atoms with Gasteiger partial charge in [0.2, 0.25) is 0 Å². The van der Waals surface area contributed by atoms with E-state index in [1.54, 1.807) is 0 Å². The van der Waals surface area contributed by atoms with Gasteiger partial charge in [-0.2, -0.15) is 0 Å². The highest BCUT2D eigenvalue weighted by Gasteiger charge is 3.11. The molecule has 4 atom stereocenters. The molecule has 14 heavy (non-hydrogen) atoms. The van der Waals surface area contributed by atoms with Crippen LogP contribution in [0, 0.1) is 35.5 Å². The van der Waals surface area contributed by atoms with E-state index in [9.17, 15) is 0 Å². The Bertz CT molecular complexity index is 341. The highest BCUT2D eigenvalue weighted by atomic mass is 35.5. The Morgan fingerprint density at radius 1 is 1.00 bits per heavy atom. The monoisotopic (exact) mass is 209 g/mol. The fourth-order valence-corrected chi connectivity index (χ4v) is 7.69. The summed E-state index contributed by atoms with van der Waals surface area (Å²) in [4.78, 5) is 2.97. The predicted molar refractivity (Wildman–Crippen MR) is 55.2 cm³/mol. The van der Waals surface area contributed by atoms with Gasteiger partial charge in [-0.15, -0.1) is 11.6 Å². The van der Waals surface area contributed by atoms with Crippen molar-refractivity contribution in [3.05, 3.63) is 0 Å². The van der Waals surface area contributed by atoms with Crippen LogP contribution < -0.4 is 0 Å². The molecule has 0 spiro atoms. The van der Waals surface area contributed by atoms with E-state index >= 15 is 0 Å². The SMILES string of the molecule is CCN(CC)C12C3C4C5C3C1(Cl)C5C42. The Kier molecular flexibility index (Phi) is 0.859. The standard InChI is InChI=1S/C12H16ClN/c1-3-14(4-2)12-9-6-5-7(9)11(12,13)8(5)10(6)12/h5-10H,3-4H2,1-2H3. The highest BCUT2D eigenvalue weighted by molar-refractivity contribution is 6.29. The van der Waals surface area contributed by atoms with Crippen molar-refractivity contribution in [1.82, 2.24) is 4.90 Å². The third kappa shape index (κ3) is 0.305. The minimum atomic E-state index is 0.285. The number of rotatable bonds is 3. The maximum absolute atomic E-state index is 6.85. The van der Waals surface area contributed by atoms with E-state index in [1.165, 1.54) is 13.1 Å². The Labute approximate surface area is 89.8 Å². The van der Waals surface area contributed by atoms with E-state index < -0.39 is 0 Å². The zero-order chi connectivity index (χ0) is 9.46. The van der Waals surface area contributed by atoms with Crippen LogP contribution in [0.15, 0.2) is 0 Å². The van der Waals surface area contributed by atoms with Crippen molar-refractivity contribution in [2.24, 2.45) is 35.5 Å². The number of hydrogen-bond donors (Lipinski definition) is 0. The van der Waals surface area contributed by atoms with Crippen molar-refractivity contribution in [3.63, 3.8) is 0 Å². The first-order valence-corrected chi connectivity index (χ1v) is 6.58. The van der Waals surface area contributed by atoms with Crippen LogP contribution in [-0.4, -0.2) is 28.4 Å². The molecule has 0 heterocycles. The second-order valence-corrected chi connectivity index (χ2v) is 6.65. The highest BCUT2D eigenvalue weighted by Crippen LogP contribution is 3.06. The molecule has 0 amide bonds. The maximum atomic E-state index is 6.85. The molecule has 0 aromatic carbocycles. The van der Waals surface area contributed by atoms with Gasteiger partial charge in [0.05, 0.1) is 4.87 Å². The molecule has 0 aromatic rings. The molecule has 6 aliphatic rings. The van der Waals surface area contributed by atoms with E-state index in [2.05, 4.69) is 18.7 Å². The molecular weight excluding hydrogens is 194 g/mol.